The first-order valence-electron chi connectivity index (χ1n) is 23.5. The Bertz CT molecular complexity index is 2260. The first kappa shape index (κ1) is 44.7. The number of aromatic amines is 1. The number of likely N-dealkylation sites (tertiary alicyclic amines) is 2. The molecular formula is C50H63N7O8. The van der Waals surface area contributed by atoms with E-state index in [1.165, 1.54) is 25.3 Å². The van der Waals surface area contributed by atoms with Gasteiger partial charge in [-0.05, 0) is 108 Å². The molecular weight excluding hydrogens is 827 g/mol. The first-order valence-corrected chi connectivity index (χ1v) is 23.5. The van der Waals surface area contributed by atoms with E-state index in [4.69, 9.17) is 28.9 Å². The zero-order valence-corrected chi connectivity index (χ0v) is 38.0. The number of nitrogens with one attached hydrogen (secondary N) is 3. The summed E-state index contributed by atoms with van der Waals surface area (Å²) < 4.78 is 20.9. The molecule has 0 radical (unpaired) electrons. The van der Waals surface area contributed by atoms with Gasteiger partial charge in [-0.25, -0.2) is 14.6 Å². The Morgan fingerprint density at radius 1 is 0.692 bits per heavy atom. The lowest BCUT2D eigenvalue weighted by Crippen LogP contribution is -2.55. The number of aliphatic imine (C=N–C) groups is 1. The van der Waals surface area contributed by atoms with Crippen molar-refractivity contribution in [2.24, 2.45) is 28.7 Å². The van der Waals surface area contributed by atoms with Gasteiger partial charge in [0.25, 0.3) is 0 Å². The van der Waals surface area contributed by atoms with E-state index in [0.29, 0.717) is 89.4 Å². The number of alkyl carbamates (subject to hydrolysis) is 2. The second-order valence-electron chi connectivity index (χ2n) is 19.1. The molecule has 9 rings (SSSR count). The monoisotopic (exact) mass is 889 g/mol. The van der Waals surface area contributed by atoms with Crippen molar-refractivity contribution in [3.63, 3.8) is 0 Å². The molecule has 6 heterocycles. The first-order chi connectivity index (χ1) is 31.6. The molecule has 3 aromatic rings. The van der Waals surface area contributed by atoms with Crippen LogP contribution in [0.1, 0.15) is 106 Å². The molecule has 1 aliphatic carbocycles. The van der Waals surface area contributed by atoms with E-state index in [9.17, 15) is 19.2 Å². The zero-order valence-electron chi connectivity index (χ0n) is 38.0. The third-order valence-electron chi connectivity index (χ3n) is 14.7. The molecule has 0 bridgehead atoms. The molecule has 3 N–H and O–H groups in total. The predicted octanol–water partition coefficient (Wildman–Crippen LogP) is 6.98. The number of imidazole rings is 1. The Balaban J connectivity index is 0.804. The number of amides is 4. The van der Waals surface area contributed by atoms with Crippen LogP contribution in [0.5, 0.6) is 0 Å². The van der Waals surface area contributed by atoms with Gasteiger partial charge in [-0.1, -0.05) is 62.4 Å². The fourth-order valence-electron chi connectivity index (χ4n) is 11.0. The van der Waals surface area contributed by atoms with Crippen molar-refractivity contribution in [2.75, 3.05) is 53.7 Å². The summed E-state index contributed by atoms with van der Waals surface area (Å²) in [5, 5.41) is 5.70. The van der Waals surface area contributed by atoms with Gasteiger partial charge in [-0.15, -0.1) is 0 Å². The SMILES string of the molecule is COC(=O)N[C@H](C(=O)N1C[C@@H](C)C[C@H]1C1=NC=C(c2ccc([C@H]3C[C@@H]3c3ccc(-c4cnc([C@@H]5C[C@H](C)CN5C(=O)[C@@H](NC(=O)OC)C5CCOCC5)[nH]4)cc3)cc2)C1)C1CCOCC1. The highest BCUT2D eigenvalue weighted by molar-refractivity contribution is 6.04. The maximum atomic E-state index is 14.2. The van der Waals surface area contributed by atoms with Crippen LogP contribution in [0.25, 0.3) is 16.8 Å². The van der Waals surface area contributed by atoms with E-state index in [0.717, 1.165) is 53.2 Å². The van der Waals surface area contributed by atoms with E-state index in [1.54, 1.807) is 0 Å². The Labute approximate surface area is 381 Å². The van der Waals surface area contributed by atoms with Crippen molar-refractivity contribution in [3.8, 4) is 11.3 Å². The number of H-pyrrole nitrogens is 1. The van der Waals surface area contributed by atoms with Crippen LogP contribution in [0.2, 0.25) is 0 Å². The van der Waals surface area contributed by atoms with Gasteiger partial charge in [0.1, 0.15) is 17.9 Å². The normalized spacial score (nSPS) is 26.8. The molecule has 5 aliphatic heterocycles. The Kier molecular flexibility index (Phi) is 13.4. The average molecular weight is 890 g/mol. The maximum absolute atomic E-state index is 14.2. The Morgan fingerprint density at radius 2 is 1.18 bits per heavy atom. The number of carbonyl (C=O) groups excluding carboxylic acids is 4. The molecule has 65 heavy (non-hydrogen) atoms. The topological polar surface area (TPSA) is 177 Å². The second kappa shape index (κ2) is 19.5. The number of benzene rings is 2. The fraction of sp³-hybridized carbons (Fsp3) is 0.560. The Morgan fingerprint density at radius 3 is 1.71 bits per heavy atom. The van der Waals surface area contributed by atoms with E-state index >= 15 is 0 Å². The standard InChI is InChI=1S/C50H63N7O8/c1-29-21-42(56(27-29)47(58)44(54-49(60)62-3)35-13-17-64-18-14-35)40-23-37(25-51-40)31-5-7-32(8-6-31)38-24-39(38)33-9-11-34(12-10-33)41-26-52-46(53-41)43-22-30(2)28-57(43)48(59)45(55-50(61)63-4)36-15-19-65-20-16-36/h5-12,25-26,29-30,35-36,38-39,42-45H,13-24,27-28H2,1-4H3,(H,52,53)(H,54,60)(H,55,61)/t29-,30-,38+,39+,42-,43-,44-,45-/m0/s1. The number of ether oxygens (including phenoxy) is 4. The van der Waals surface area contributed by atoms with Crippen LogP contribution >= 0.6 is 0 Å². The molecule has 4 amide bonds. The minimum Gasteiger partial charge on any atom is -0.453 e. The Hall–Kier alpha value is -5.54. The lowest BCUT2D eigenvalue weighted by atomic mass is 9.90. The van der Waals surface area contributed by atoms with Gasteiger partial charge < -0.3 is 44.4 Å². The van der Waals surface area contributed by atoms with Crippen LogP contribution in [-0.4, -0.2) is 121 Å². The number of rotatable bonds is 12. The molecule has 15 heteroatoms. The number of aromatic nitrogens is 2. The number of hydrogen-bond donors (Lipinski definition) is 3. The number of methoxy groups -OCH3 is 2. The third kappa shape index (κ3) is 9.72. The lowest BCUT2D eigenvalue weighted by Gasteiger charge is -2.34. The highest BCUT2D eigenvalue weighted by Crippen LogP contribution is 2.55. The molecule has 5 fully saturated rings. The van der Waals surface area contributed by atoms with Gasteiger partial charge in [0.05, 0.1) is 38.2 Å². The van der Waals surface area contributed by atoms with Crippen molar-refractivity contribution in [2.45, 2.75) is 101 Å². The molecule has 0 spiro atoms. The van der Waals surface area contributed by atoms with Crippen LogP contribution in [0.4, 0.5) is 9.59 Å². The molecule has 346 valence electrons. The van der Waals surface area contributed by atoms with Gasteiger partial charge in [0.2, 0.25) is 11.8 Å². The second-order valence-corrected chi connectivity index (χ2v) is 19.1. The molecule has 1 saturated carbocycles. The largest absolute Gasteiger partial charge is 0.453 e. The average Bonchev–Trinajstić information content (AvgIpc) is 3.76. The molecule has 4 saturated heterocycles. The highest BCUT2D eigenvalue weighted by atomic mass is 16.5. The van der Waals surface area contributed by atoms with Gasteiger partial charge >= 0.3 is 12.2 Å². The van der Waals surface area contributed by atoms with Crippen LogP contribution in [-0.2, 0) is 28.5 Å². The summed E-state index contributed by atoms with van der Waals surface area (Å²) in [4.78, 5) is 70.0. The quantitative estimate of drug-likeness (QED) is 0.173. The van der Waals surface area contributed by atoms with Gasteiger partial charge in [-0.3, -0.25) is 14.6 Å². The summed E-state index contributed by atoms with van der Waals surface area (Å²) in [6.07, 6.45) is 8.84. The van der Waals surface area contributed by atoms with Crippen LogP contribution in [0, 0.1) is 23.7 Å². The third-order valence-corrected chi connectivity index (χ3v) is 14.7. The van der Waals surface area contributed by atoms with Gasteiger partial charge in [0, 0.05) is 57.8 Å². The van der Waals surface area contributed by atoms with Crippen molar-refractivity contribution in [1.29, 1.82) is 0 Å². The predicted molar refractivity (Wildman–Crippen MR) is 244 cm³/mol. The summed E-state index contributed by atoms with van der Waals surface area (Å²) >= 11 is 0. The molecule has 6 aliphatic rings. The molecule has 1 aromatic heterocycles. The maximum Gasteiger partial charge on any atom is 0.407 e. The molecule has 8 atom stereocenters. The fourth-order valence-corrected chi connectivity index (χ4v) is 11.0. The van der Waals surface area contributed by atoms with E-state index in [1.807, 2.05) is 22.2 Å². The van der Waals surface area contributed by atoms with Gasteiger partial charge in [-0.2, -0.15) is 0 Å². The zero-order chi connectivity index (χ0) is 45.2. The summed E-state index contributed by atoms with van der Waals surface area (Å²) in [5.41, 5.74) is 7.86. The molecule has 2 aromatic carbocycles. The van der Waals surface area contributed by atoms with Gasteiger partial charge in [0.15, 0.2) is 0 Å². The smallest absolute Gasteiger partial charge is 0.407 e. The minimum absolute atomic E-state index is 0.00785. The van der Waals surface area contributed by atoms with Crippen LogP contribution in [0.3, 0.4) is 0 Å². The van der Waals surface area contributed by atoms with Crippen LogP contribution < -0.4 is 10.6 Å². The minimum atomic E-state index is -0.684. The summed E-state index contributed by atoms with van der Waals surface area (Å²) in [5.74, 6) is 2.05. The van der Waals surface area contributed by atoms with Crippen molar-refractivity contribution in [1.82, 2.24) is 30.4 Å². The lowest BCUT2D eigenvalue weighted by molar-refractivity contribution is -0.137. The number of hydrogen-bond acceptors (Lipinski definition) is 10. The number of nitrogens with zero attached hydrogens (tertiary/aromatic N) is 4. The van der Waals surface area contributed by atoms with E-state index in [-0.39, 0.29) is 41.7 Å². The van der Waals surface area contributed by atoms with E-state index in [2.05, 4.69) is 78.0 Å². The van der Waals surface area contributed by atoms with Crippen molar-refractivity contribution >= 4 is 35.3 Å². The number of carbonyl (C=O) groups is 4. The number of allylic oxidation sites excluding steroid dienone is 1. The van der Waals surface area contributed by atoms with E-state index < -0.39 is 24.3 Å². The summed E-state index contributed by atoms with van der Waals surface area (Å²) in [7, 11) is 2.64. The van der Waals surface area contributed by atoms with Crippen molar-refractivity contribution in [3.05, 3.63) is 83.4 Å². The molecule has 15 nitrogen and oxygen atoms in total. The van der Waals surface area contributed by atoms with Crippen LogP contribution in [0.15, 0.2) is 65.9 Å². The summed E-state index contributed by atoms with van der Waals surface area (Å²) in [6, 6.07) is 16.0. The highest BCUT2D eigenvalue weighted by Gasteiger charge is 2.45. The van der Waals surface area contributed by atoms with Crippen molar-refractivity contribution < 1.29 is 38.1 Å². The summed E-state index contributed by atoms with van der Waals surface area (Å²) in [6.45, 7) is 7.81. The molecule has 0 unspecified atom stereocenters.